The van der Waals surface area contributed by atoms with E-state index in [-0.39, 0.29) is 24.1 Å². The summed E-state index contributed by atoms with van der Waals surface area (Å²) >= 11 is 0. The molecule has 2 N–H and O–H groups in total. The number of nitrogens with zero attached hydrogens (tertiary/aromatic N) is 2. The number of aliphatic hydroxyl groups is 1. The number of carbonyl (C=O) groups excluding carboxylic acids is 2. The highest BCUT2D eigenvalue weighted by atomic mass is 16.3. The first-order valence-corrected chi connectivity index (χ1v) is 12.9. The van der Waals surface area contributed by atoms with Gasteiger partial charge in [-0.1, -0.05) is 12.1 Å². The van der Waals surface area contributed by atoms with Crippen molar-refractivity contribution < 1.29 is 14.7 Å². The molecule has 33 heavy (non-hydrogen) atoms. The Hall–Kier alpha value is -2.08. The summed E-state index contributed by atoms with van der Waals surface area (Å²) in [4.78, 5) is 29.4. The van der Waals surface area contributed by atoms with Crippen molar-refractivity contribution in [2.24, 2.45) is 23.7 Å². The summed E-state index contributed by atoms with van der Waals surface area (Å²) in [6.07, 6.45) is 9.63. The van der Waals surface area contributed by atoms with Crippen molar-refractivity contribution in [1.82, 2.24) is 15.1 Å². The Morgan fingerprint density at radius 1 is 0.909 bits per heavy atom. The first-order chi connectivity index (χ1) is 15.9. The number of amides is 3. The fourth-order valence-electron chi connectivity index (χ4n) is 7.37. The van der Waals surface area contributed by atoms with Crippen molar-refractivity contribution in [2.45, 2.75) is 82.5 Å². The van der Waals surface area contributed by atoms with Crippen molar-refractivity contribution >= 4 is 11.9 Å². The van der Waals surface area contributed by atoms with Crippen LogP contribution in [-0.2, 0) is 6.54 Å². The third-order valence-electron chi connectivity index (χ3n) is 9.00. The average molecular weight is 454 g/mol. The molecule has 6 heteroatoms. The summed E-state index contributed by atoms with van der Waals surface area (Å²) in [7, 11) is 3.68. The van der Waals surface area contributed by atoms with Crippen molar-refractivity contribution in [2.75, 3.05) is 14.1 Å². The third kappa shape index (κ3) is 4.77. The summed E-state index contributed by atoms with van der Waals surface area (Å²) in [5.74, 6) is 3.21. The molecule has 5 saturated carbocycles. The van der Waals surface area contributed by atoms with E-state index in [0.29, 0.717) is 30.0 Å². The molecular formula is C27H39N3O3. The molecule has 0 aromatic heterocycles. The van der Waals surface area contributed by atoms with E-state index in [4.69, 9.17) is 0 Å². The van der Waals surface area contributed by atoms with Gasteiger partial charge in [-0.25, -0.2) is 4.79 Å². The highest BCUT2D eigenvalue weighted by molar-refractivity contribution is 5.94. The van der Waals surface area contributed by atoms with E-state index in [0.717, 1.165) is 43.1 Å². The van der Waals surface area contributed by atoms with Crippen LogP contribution in [0.1, 0.15) is 73.7 Å². The second kappa shape index (κ2) is 9.28. The van der Waals surface area contributed by atoms with Crippen LogP contribution in [0.5, 0.6) is 0 Å². The minimum Gasteiger partial charge on any atom is -0.393 e. The minimum atomic E-state index is -0.221. The Bertz CT molecular complexity index is 834. The lowest BCUT2D eigenvalue weighted by molar-refractivity contribution is -0.0119. The van der Waals surface area contributed by atoms with E-state index < -0.39 is 0 Å². The molecular weight excluding hydrogens is 414 g/mol. The Morgan fingerprint density at radius 3 is 2.06 bits per heavy atom. The Labute approximate surface area is 197 Å². The van der Waals surface area contributed by atoms with E-state index in [1.807, 2.05) is 43.3 Å². The standard InChI is InChI=1S/C27H39N3O3/c1-29(27(33)30(2)23-7-9-24(31)10-8-23)16-17-3-5-20(6-4-17)26(32)28-25-21-12-18-11-19(14-21)15-22(25)13-18/h3-6,18-19,21-25,31H,7-16H2,1-2H3,(H,28,32). The molecule has 3 amide bonds. The molecule has 0 spiro atoms. The first kappa shape index (κ1) is 22.7. The molecule has 5 fully saturated rings. The molecule has 0 unspecified atom stereocenters. The zero-order valence-electron chi connectivity index (χ0n) is 20.1. The van der Waals surface area contributed by atoms with Crippen LogP contribution in [0.25, 0.3) is 0 Å². The summed E-state index contributed by atoms with van der Waals surface area (Å²) in [6, 6.07) is 8.26. The molecule has 1 aromatic rings. The lowest BCUT2D eigenvalue weighted by Gasteiger charge is -2.54. The lowest BCUT2D eigenvalue weighted by atomic mass is 9.54. The number of carbonyl (C=O) groups is 2. The molecule has 0 radical (unpaired) electrons. The number of rotatable bonds is 5. The Balaban J connectivity index is 1.14. The minimum absolute atomic E-state index is 0.0000895. The van der Waals surface area contributed by atoms with E-state index in [1.54, 1.807) is 4.90 Å². The van der Waals surface area contributed by atoms with Crippen molar-refractivity contribution in [3.05, 3.63) is 35.4 Å². The van der Waals surface area contributed by atoms with E-state index in [1.165, 1.54) is 32.1 Å². The van der Waals surface area contributed by atoms with Gasteiger partial charge in [0.25, 0.3) is 5.91 Å². The van der Waals surface area contributed by atoms with Crippen LogP contribution < -0.4 is 5.32 Å². The predicted molar refractivity (Wildman–Crippen MR) is 128 cm³/mol. The van der Waals surface area contributed by atoms with E-state index in [2.05, 4.69) is 5.32 Å². The van der Waals surface area contributed by atoms with Gasteiger partial charge in [-0.05, 0) is 99.2 Å². The molecule has 6 rings (SSSR count). The van der Waals surface area contributed by atoms with Crippen LogP contribution in [0.2, 0.25) is 0 Å². The van der Waals surface area contributed by atoms with E-state index in [9.17, 15) is 14.7 Å². The van der Waals surface area contributed by atoms with Gasteiger partial charge >= 0.3 is 6.03 Å². The third-order valence-corrected chi connectivity index (χ3v) is 9.00. The molecule has 4 bridgehead atoms. The topological polar surface area (TPSA) is 72.9 Å². The number of nitrogens with one attached hydrogen (secondary N) is 1. The normalized spacial score (nSPS) is 34.7. The van der Waals surface area contributed by atoms with Crippen LogP contribution in [0, 0.1) is 23.7 Å². The Morgan fingerprint density at radius 2 is 1.48 bits per heavy atom. The number of urea groups is 1. The summed E-state index contributed by atoms with van der Waals surface area (Å²) in [5.41, 5.74) is 1.73. The van der Waals surface area contributed by atoms with Gasteiger partial charge in [-0.3, -0.25) is 4.79 Å². The van der Waals surface area contributed by atoms with Gasteiger partial charge in [-0.2, -0.15) is 0 Å². The molecule has 6 nitrogen and oxygen atoms in total. The van der Waals surface area contributed by atoms with Crippen LogP contribution in [0.15, 0.2) is 24.3 Å². The average Bonchev–Trinajstić information content (AvgIpc) is 2.81. The molecule has 0 heterocycles. The molecule has 5 aliphatic carbocycles. The zero-order chi connectivity index (χ0) is 23.1. The van der Waals surface area contributed by atoms with Gasteiger partial charge in [0, 0.05) is 38.3 Å². The fourth-order valence-corrected chi connectivity index (χ4v) is 7.37. The maximum Gasteiger partial charge on any atom is 0.320 e. The highest BCUT2D eigenvalue weighted by Gasteiger charge is 2.48. The maximum atomic E-state index is 13.0. The molecule has 0 saturated heterocycles. The monoisotopic (exact) mass is 453 g/mol. The van der Waals surface area contributed by atoms with Gasteiger partial charge in [-0.15, -0.1) is 0 Å². The maximum absolute atomic E-state index is 13.0. The van der Waals surface area contributed by atoms with Gasteiger partial charge in [0.15, 0.2) is 0 Å². The van der Waals surface area contributed by atoms with Gasteiger partial charge in [0.2, 0.25) is 0 Å². The second-order valence-corrected chi connectivity index (χ2v) is 11.3. The van der Waals surface area contributed by atoms with Crippen molar-refractivity contribution in [1.29, 1.82) is 0 Å². The van der Waals surface area contributed by atoms with Crippen LogP contribution >= 0.6 is 0 Å². The van der Waals surface area contributed by atoms with Gasteiger partial charge in [0.1, 0.15) is 0 Å². The number of benzene rings is 1. The SMILES string of the molecule is CN(Cc1ccc(C(=O)NC2C3CC4CC(C3)CC2C4)cc1)C(=O)N(C)C1CCC(O)CC1. The Kier molecular flexibility index (Phi) is 6.39. The molecule has 5 aliphatic rings. The fraction of sp³-hybridized carbons (Fsp3) is 0.704. The van der Waals surface area contributed by atoms with Crippen LogP contribution in [-0.4, -0.2) is 59.1 Å². The van der Waals surface area contributed by atoms with Gasteiger partial charge in [0.05, 0.1) is 6.10 Å². The second-order valence-electron chi connectivity index (χ2n) is 11.3. The molecule has 0 aliphatic heterocycles. The summed E-state index contributed by atoms with van der Waals surface area (Å²) in [6.45, 7) is 0.510. The number of aliphatic hydroxyl groups excluding tert-OH is 1. The molecule has 180 valence electrons. The largest absolute Gasteiger partial charge is 0.393 e. The molecule has 1 aromatic carbocycles. The zero-order valence-corrected chi connectivity index (χ0v) is 20.1. The van der Waals surface area contributed by atoms with Crippen molar-refractivity contribution in [3.8, 4) is 0 Å². The lowest BCUT2D eigenvalue weighted by Crippen LogP contribution is -2.55. The summed E-state index contributed by atoms with van der Waals surface area (Å²) < 4.78 is 0. The van der Waals surface area contributed by atoms with Crippen LogP contribution in [0.4, 0.5) is 4.79 Å². The molecule has 0 atom stereocenters. The van der Waals surface area contributed by atoms with E-state index >= 15 is 0 Å². The summed E-state index contributed by atoms with van der Waals surface area (Å²) in [5, 5.41) is 13.1. The highest BCUT2D eigenvalue weighted by Crippen LogP contribution is 2.53. The van der Waals surface area contributed by atoms with Crippen molar-refractivity contribution in [3.63, 3.8) is 0 Å². The smallest absolute Gasteiger partial charge is 0.320 e. The predicted octanol–water partition coefficient (Wildman–Crippen LogP) is 4.03. The first-order valence-electron chi connectivity index (χ1n) is 12.9. The number of hydrogen-bond donors (Lipinski definition) is 2. The quantitative estimate of drug-likeness (QED) is 0.707. The van der Waals surface area contributed by atoms with Crippen LogP contribution in [0.3, 0.4) is 0 Å². The van der Waals surface area contributed by atoms with Gasteiger partial charge < -0.3 is 20.2 Å². The number of hydrogen-bond acceptors (Lipinski definition) is 3.